The van der Waals surface area contributed by atoms with Gasteiger partial charge in [0.05, 0.1) is 0 Å². The summed E-state index contributed by atoms with van der Waals surface area (Å²) in [6.07, 6.45) is 1.68. The van der Waals surface area contributed by atoms with E-state index in [9.17, 15) is 4.79 Å². The second-order valence-electron chi connectivity index (χ2n) is 7.28. The number of esters is 1. The number of cyclic esters (lactones) is 1. The van der Waals surface area contributed by atoms with Gasteiger partial charge in [0.2, 0.25) is 12.7 Å². The molecule has 0 aliphatic carbocycles. The molecule has 0 fully saturated rings. The maximum atomic E-state index is 12.2. The van der Waals surface area contributed by atoms with E-state index in [0.29, 0.717) is 17.4 Å². The summed E-state index contributed by atoms with van der Waals surface area (Å²) in [6.45, 7) is 6.67. The van der Waals surface area contributed by atoms with Crippen LogP contribution < -0.4 is 9.47 Å². The first kappa shape index (κ1) is 16.4. The summed E-state index contributed by atoms with van der Waals surface area (Å²) < 4.78 is 16.0. The molecule has 0 atom stereocenters. The van der Waals surface area contributed by atoms with Gasteiger partial charge in [-0.1, -0.05) is 39.0 Å². The molecule has 4 rings (SSSR count). The van der Waals surface area contributed by atoms with Crippen molar-refractivity contribution in [1.82, 2.24) is 0 Å². The lowest BCUT2D eigenvalue weighted by molar-refractivity contribution is -0.129. The van der Waals surface area contributed by atoms with E-state index in [0.717, 1.165) is 11.1 Å². The third kappa shape index (κ3) is 3.08. The standard InChI is InChI=1S/C21H19NO4/c1-21(2,3)15-7-5-14(6-8-15)19-22-16(20(23)26-19)10-13-4-9-17-18(11-13)25-12-24-17/h4-11H,12H2,1-3H3. The molecule has 0 aromatic heterocycles. The minimum absolute atomic E-state index is 0.0666. The van der Waals surface area contributed by atoms with Crippen molar-refractivity contribution in [2.24, 2.45) is 4.99 Å². The normalized spacial score (nSPS) is 17.4. The van der Waals surface area contributed by atoms with Crippen LogP contribution in [0.3, 0.4) is 0 Å². The lowest BCUT2D eigenvalue weighted by Crippen LogP contribution is -2.11. The highest BCUT2D eigenvalue weighted by molar-refractivity contribution is 6.12. The molecule has 0 amide bonds. The van der Waals surface area contributed by atoms with Crippen LogP contribution in [0, 0.1) is 0 Å². The van der Waals surface area contributed by atoms with Gasteiger partial charge in [0.25, 0.3) is 0 Å². The van der Waals surface area contributed by atoms with Gasteiger partial charge in [0.15, 0.2) is 17.2 Å². The predicted molar refractivity (Wildman–Crippen MR) is 98.3 cm³/mol. The molecule has 2 aliphatic heterocycles. The van der Waals surface area contributed by atoms with Crippen LogP contribution in [-0.4, -0.2) is 18.7 Å². The van der Waals surface area contributed by atoms with Crippen molar-refractivity contribution in [1.29, 1.82) is 0 Å². The van der Waals surface area contributed by atoms with Gasteiger partial charge in [-0.3, -0.25) is 0 Å². The van der Waals surface area contributed by atoms with Gasteiger partial charge in [0, 0.05) is 5.56 Å². The van der Waals surface area contributed by atoms with E-state index in [4.69, 9.17) is 14.2 Å². The molecule has 2 aromatic carbocycles. The third-order valence-electron chi connectivity index (χ3n) is 4.32. The Bertz CT molecular complexity index is 933. The Morgan fingerprint density at radius 2 is 1.73 bits per heavy atom. The zero-order valence-corrected chi connectivity index (χ0v) is 14.9. The van der Waals surface area contributed by atoms with Crippen molar-refractivity contribution in [2.45, 2.75) is 26.2 Å². The first-order chi connectivity index (χ1) is 12.4. The summed E-state index contributed by atoms with van der Waals surface area (Å²) in [4.78, 5) is 16.5. The van der Waals surface area contributed by atoms with Gasteiger partial charge < -0.3 is 14.2 Å². The summed E-state index contributed by atoms with van der Waals surface area (Å²) in [5, 5.41) is 0. The van der Waals surface area contributed by atoms with Crippen molar-refractivity contribution in [3.63, 3.8) is 0 Å². The summed E-state index contributed by atoms with van der Waals surface area (Å²) in [5.74, 6) is 1.22. The molecule has 0 saturated carbocycles. The topological polar surface area (TPSA) is 57.1 Å². The highest BCUT2D eigenvalue weighted by Gasteiger charge is 2.25. The van der Waals surface area contributed by atoms with Crippen LogP contribution in [0.1, 0.15) is 37.5 Å². The Labute approximate surface area is 151 Å². The summed E-state index contributed by atoms with van der Waals surface area (Å²) >= 11 is 0. The third-order valence-corrected chi connectivity index (χ3v) is 4.32. The molecule has 0 saturated heterocycles. The summed E-state index contributed by atoms with van der Waals surface area (Å²) in [6, 6.07) is 13.4. The van der Waals surface area contributed by atoms with E-state index in [-0.39, 0.29) is 17.9 Å². The van der Waals surface area contributed by atoms with Crippen LogP contribution in [0.2, 0.25) is 0 Å². The Morgan fingerprint density at radius 1 is 1.00 bits per heavy atom. The Hall–Kier alpha value is -3.08. The van der Waals surface area contributed by atoms with E-state index in [1.807, 2.05) is 42.5 Å². The van der Waals surface area contributed by atoms with E-state index in [2.05, 4.69) is 25.8 Å². The average Bonchev–Trinajstić information content (AvgIpc) is 3.21. The second kappa shape index (κ2) is 6.02. The first-order valence-corrected chi connectivity index (χ1v) is 8.43. The molecule has 26 heavy (non-hydrogen) atoms. The van der Waals surface area contributed by atoms with E-state index in [1.54, 1.807) is 6.08 Å². The number of hydrogen-bond acceptors (Lipinski definition) is 5. The molecule has 132 valence electrons. The van der Waals surface area contributed by atoms with Crippen LogP contribution in [0.5, 0.6) is 11.5 Å². The lowest BCUT2D eigenvalue weighted by atomic mass is 9.87. The number of fused-ring (bicyclic) bond motifs is 1. The molecule has 0 unspecified atom stereocenters. The van der Waals surface area contributed by atoms with Crippen molar-refractivity contribution in [3.8, 4) is 11.5 Å². The maximum Gasteiger partial charge on any atom is 0.363 e. The fraction of sp³-hybridized carbons (Fsp3) is 0.238. The Kier molecular flexibility index (Phi) is 3.80. The molecule has 2 aliphatic rings. The monoisotopic (exact) mass is 349 g/mol. The van der Waals surface area contributed by atoms with Gasteiger partial charge in [-0.05, 0) is 46.9 Å². The average molecular weight is 349 g/mol. The molecule has 2 aromatic rings. The van der Waals surface area contributed by atoms with Crippen LogP contribution in [0.15, 0.2) is 53.2 Å². The minimum Gasteiger partial charge on any atom is -0.454 e. The summed E-state index contributed by atoms with van der Waals surface area (Å²) in [5.41, 5.74) is 3.12. The first-order valence-electron chi connectivity index (χ1n) is 8.43. The van der Waals surface area contributed by atoms with E-state index >= 15 is 0 Å². The fourth-order valence-corrected chi connectivity index (χ4v) is 2.81. The molecule has 5 nitrogen and oxygen atoms in total. The molecule has 0 N–H and O–H groups in total. The number of carbonyl (C=O) groups is 1. The molecular weight excluding hydrogens is 330 g/mol. The largest absolute Gasteiger partial charge is 0.454 e. The van der Waals surface area contributed by atoms with Crippen molar-refractivity contribution >= 4 is 17.9 Å². The smallest absolute Gasteiger partial charge is 0.363 e. The maximum absolute atomic E-state index is 12.2. The van der Waals surface area contributed by atoms with Crippen LogP contribution in [0.4, 0.5) is 0 Å². The number of nitrogens with zero attached hydrogens (tertiary/aromatic N) is 1. The SMILES string of the molecule is CC(C)(C)c1ccc(C2=NC(=Cc3ccc4c(c3)OCO4)C(=O)O2)cc1. The number of carbonyl (C=O) groups excluding carboxylic acids is 1. The zero-order valence-electron chi connectivity index (χ0n) is 14.9. The highest BCUT2D eigenvalue weighted by Crippen LogP contribution is 2.33. The second-order valence-corrected chi connectivity index (χ2v) is 7.28. The highest BCUT2D eigenvalue weighted by atomic mass is 16.7. The Morgan fingerprint density at radius 3 is 2.46 bits per heavy atom. The quantitative estimate of drug-likeness (QED) is 0.606. The number of rotatable bonds is 2. The van der Waals surface area contributed by atoms with Crippen LogP contribution >= 0.6 is 0 Å². The van der Waals surface area contributed by atoms with E-state index < -0.39 is 5.97 Å². The molecular formula is C21H19NO4. The van der Waals surface area contributed by atoms with Crippen molar-refractivity contribution < 1.29 is 19.0 Å². The summed E-state index contributed by atoms with van der Waals surface area (Å²) in [7, 11) is 0. The number of aliphatic imine (C=N–C) groups is 1. The van der Waals surface area contributed by atoms with Crippen LogP contribution in [0.25, 0.3) is 6.08 Å². The lowest BCUT2D eigenvalue weighted by Gasteiger charge is -2.18. The van der Waals surface area contributed by atoms with Gasteiger partial charge >= 0.3 is 5.97 Å². The van der Waals surface area contributed by atoms with E-state index in [1.165, 1.54) is 5.56 Å². The van der Waals surface area contributed by atoms with Crippen LogP contribution in [-0.2, 0) is 14.9 Å². The van der Waals surface area contributed by atoms with Gasteiger partial charge in [-0.2, -0.15) is 0 Å². The molecule has 2 heterocycles. The molecule has 0 spiro atoms. The van der Waals surface area contributed by atoms with Gasteiger partial charge in [-0.15, -0.1) is 0 Å². The Balaban J connectivity index is 1.61. The molecule has 0 radical (unpaired) electrons. The molecule has 0 bridgehead atoms. The number of hydrogen-bond donors (Lipinski definition) is 0. The predicted octanol–water partition coefficient (Wildman–Crippen LogP) is 4.06. The molecule has 5 heteroatoms. The fourth-order valence-electron chi connectivity index (χ4n) is 2.81. The van der Waals surface area contributed by atoms with Gasteiger partial charge in [-0.25, -0.2) is 9.79 Å². The number of ether oxygens (including phenoxy) is 3. The van der Waals surface area contributed by atoms with Gasteiger partial charge in [0.1, 0.15) is 0 Å². The van der Waals surface area contributed by atoms with Crippen molar-refractivity contribution in [2.75, 3.05) is 6.79 Å². The zero-order chi connectivity index (χ0) is 18.3. The van der Waals surface area contributed by atoms with Crippen molar-refractivity contribution in [3.05, 3.63) is 64.9 Å². The minimum atomic E-state index is -0.461. The number of benzene rings is 2.